The summed E-state index contributed by atoms with van der Waals surface area (Å²) in [4.78, 5) is 4.74. The summed E-state index contributed by atoms with van der Waals surface area (Å²) >= 11 is 1.86. The first-order valence-electron chi connectivity index (χ1n) is 7.29. The van der Waals surface area contributed by atoms with E-state index in [0.29, 0.717) is 0 Å². The standard InChI is InChI=1S/C14H29N3S.HI/c1-4-15-14(16-9-10-18-3)17-11-13-8-6-5-7-12(13)2;/h12-13H,4-11H2,1-3H3,(H2,15,16,17);1H. The molecular formula is C14H30IN3S. The molecule has 1 fully saturated rings. The maximum absolute atomic E-state index is 4.74. The lowest BCUT2D eigenvalue weighted by Gasteiger charge is -2.27. The number of hydrogen-bond acceptors (Lipinski definition) is 2. The number of nitrogens with zero attached hydrogens (tertiary/aromatic N) is 1. The smallest absolute Gasteiger partial charge is 0.191 e. The largest absolute Gasteiger partial charge is 0.357 e. The number of nitrogens with one attached hydrogen (secondary N) is 2. The van der Waals surface area contributed by atoms with Crippen molar-refractivity contribution in [2.24, 2.45) is 16.8 Å². The quantitative estimate of drug-likeness (QED) is 0.311. The molecule has 0 aromatic carbocycles. The normalized spacial score (nSPS) is 23.6. The van der Waals surface area contributed by atoms with E-state index in [1.165, 1.54) is 25.7 Å². The van der Waals surface area contributed by atoms with Gasteiger partial charge >= 0.3 is 0 Å². The molecule has 0 aromatic rings. The molecule has 3 nitrogen and oxygen atoms in total. The van der Waals surface area contributed by atoms with Crippen LogP contribution in [0.3, 0.4) is 0 Å². The van der Waals surface area contributed by atoms with E-state index in [1.807, 2.05) is 11.8 Å². The summed E-state index contributed by atoms with van der Waals surface area (Å²) in [6, 6.07) is 0. The number of thioether (sulfide) groups is 1. The number of hydrogen-bond donors (Lipinski definition) is 2. The Morgan fingerprint density at radius 1 is 1.26 bits per heavy atom. The fourth-order valence-corrected chi connectivity index (χ4v) is 2.79. The number of halogens is 1. The van der Waals surface area contributed by atoms with Gasteiger partial charge in [-0.15, -0.1) is 24.0 Å². The maximum atomic E-state index is 4.74. The second-order valence-electron chi connectivity index (χ2n) is 5.16. The van der Waals surface area contributed by atoms with Crippen LogP contribution in [-0.2, 0) is 0 Å². The van der Waals surface area contributed by atoms with Crippen molar-refractivity contribution in [3.63, 3.8) is 0 Å². The van der Waals surface area contributed by atoms with E-state index in [2.05, 4.69) is 30.7 Å². The van der Waals surface area contributed by atoms with Crippen LogP contribution in [0.1, 0.15) is 39.5 Å². The van der Waals surface area contributed by atoms with Crippen LogP contribution in [0.4, 0.5) is 0 Å². The van der Waals surface area contributed by atoms with Crippen molar-refractivity contribution >= 4 is 41.7 Å². The highest BCUT2D eigenvalue weighted by Gasteiger charge is 2.20. The van der Waals surface area contributed by atoms with E-state index in [0.717, 1.165) is 43.2 Å². The zero-order valence-corrected chi connectivity index (χ0v) is 15.7. The minimum Gasteiger partial charge on any atom is -0.357 e. The third kappa shape index (κ3) is 8.27. The third-order valence-electron chi connectivity index (χ3n) is 3.72. The van der Waals surface area contributed by atoms with Crippen molar-refractivity contribution in [2.75, 3.05) is 31.6 Å². The second-order valence-corrected chi connectivity index (χ2v) is 6.15. The molecule has 2 atom stereocenters. The fourth-order valence-electron chi connectivity index (χ4n) is 2.49. The van der Waals surface area contributed by atoms with E-state index in [4.69, 9.17) is 4.99 Å². The molecule has 0 heterocycles. The number of aliphatic imine (C=N–C) groups is 1. The molecule has 114 valence electrons. The molecule has 0 spiro atoms. The first kappa shape index (κ1) is 19.4. The first-order valence-corrected chi connectivity index (χ1v) is 8.68. The molecule has 0 amide bonds. The zero-order chi connectivity index (χ0) is 13.2. The van der Waals surface area contributed by atoms with Crippen LogP contribution in [0.2, 0.25) is 0 Å². The summed E-state index contributed by atoms with van der Waals surface area (Å²) in [5.74, 6) is 3.75. The summed E-state index contributed by atoms with van der Waals surface area (Å²) in [5, 5.41) is 6.72. The predicted octanol–water partition coefficient (Wildman–Crippen LogP) is 3.35. The van der Waals surface area contributed by atoms with Gasteiger partial charge in [0, 0.05) is 25.4 Å². The van der Waals surface area contributed by atoms with Gasteiger partial charge in [-0.2, -0.15) is 11.8 Å². The monoisotopic (exact) mass is 399 g/mol. The van der Waals surface area contributed by atoms with Gasteiger partial charge < -0.3 is 10.6 Å². The predicted molar refractivity (Wildman–Crippen MR) is 98.9 cm³/mol. The minimum absolute atomic E-state index is 0. The Kier molecular flexibility index (Phi) is 12.3. The summed E-state index contributed by atoms with van der Waals surface area (Å²) < 4.78 is 0. The Morgan fingerprint density at radius 3 is 2.63 bits per heavy atom. The summed E-state index contributed by atoms with van der Waals surface area (Å²) in [5.41, 5.74) is 0. The van der Waals surface area contributed by atoms with Gasteiger partial charge in [-0.3, -0.25) is 4.99 Å². The molecule has 19 heavy (non-hydrogen) atoms. The molecule has 2 N–H and O–H groups in total. The Bertz CT molecular complexity index is 249. The van der Waals surface area contributed by atoms with Crippen molar-refractivity contribution in [1.82, 2.24) is 10.6 Å². The highest BCUT2D eigenvalue weighted by Crippen LogP contribution is 2.29. The van der Waals surface area contributed by atoms with Crippen LogP contribution in [-0.4, -0.2) is 37.6 Å². The molecule has 1 rings (SSSR count). The van der Waals surface area contributed by atoms with Crippen molar-refractivity contribution in [1.29, 1.82) is 0 Å². The van der Waals surface area contributed by atoms with Crippen LogP contribution in [0.15, 0.2) is 4.99 Å². The molecule has 1 saturated carbocycles. The van der Waals surface area contributed by atoms with Crippen LogP contribution in [0.25, 0.3) is 0 Å². The molecule has 0 saturated heterocycles. The van der Waals surface area contributed by atoms with E-state index in [-0.39, 0.29) is 24.0 Å². The average molecular weight is 399 g/mol. The minimum atomic E-state index is 0. The lowest BCUT2D eigenvalue weighted by atomic mass is 9.80. The molecule has 1 aliphatic rings. The molecule has 0 bridgehead atoms. The SMILES string of the molecule is CCNC(=NCC1CCCCC1C)NCCSC.I. The van der Waals surface area contributed by atoms with Crippen LogP contribution in [0.5, 0.6) is 0 Å². The van der Waals surface area contributed by atoms with Crippen LogP contribution >= 0.6 is 35.7 Å². The fraction of sp³-hybridized carbons (Fsp3) is 0.929. The van der Waals surface area contributed by atoms with Crippen molar-refractivity contribution in [3.05, 3.63) is 0 Å². The van der Waals surface area contributed by atoms with Gasteiger partial charge in [0.1, 0.15) is 0 Å². The zero-order valence-electron chi connectivity index (χ0n) is 12.6. The van der Waals surface area contributed by atoms with Crippen molar-refractivity contribution < 1.29 is 0 Å². The Balaban J connectivity index is 0.00000324. The van der Waals surface area contributed by atoms with Crippen molar-refractivity contribution in [2.45, 2.75) is 39.5 Å². The molecule has 1 aliphatic carbocycles. The second kappa shape index (κ2) is 12.1. The molecule has 0 aromatic heterocycles. The van der Waals surface area contributed by atoms with Gasteiger partial charge in [0.05, 0.1) is 0 Å². The Labute approximate surface area is 140 Å². The lowest BCUT2D eigenvalue weighted by Crippen LogP contribution is -2.39. The van der Waals surface area contributed by atoms with E-state index in [1.54, 1.807) is 0 Å². The average Bonchev–Trinajstić information content (AvgIpc) is 2.38. The van der Waals surface area contributed by atoms with Crippen LogP contribution in [0, 0.1) is 11.8 Å². The van der Waals surface area contributed by atoms with Gasteiger partial charge in [0.15, 0.2) is 5.96 Å². The topological polar surface area (TPSA) is 36.4 Å². The van der Waals surface area contributed by atoms with Gasteiger partial charge in [0.2, 0.25) is 0 Å². The molecule has 0 aliphatic heterocycles. The van der Waals surface area contributed by atoms with Crippen molar-refractivity contribution in [3.8, 4) is 0 Å². The summed E-state index contributed by atoms with van der Waals surface area (Å²) in [6.45, 7) is 7.41. The van der Waals surface area contributed by atoms with Crippen LogP contribution < -0.4 is 10.6 Å². The maximum Gasteiger partial charge on any atom is 0.191 e. The number of guanidine groups is 1. The van der Waals surface area contributed by atoms with Gasteiger partial charge in [-0.25, -0.2) is 0 Å². The summed E-state index contributed by atoms with van der Waals surface area (Å²) in [7, 11) is 0. The Morgan fingerprint density at radius 2 is 2.00 bits per heavy atom. The third-order valence-corrected chi connectivity index (χ3v) is 4.33. The molecular weight excluding hydrogens is 369 g/mol. The Hall–Kier alpha value is 0.350. The van der Waals surface area contributed by atoms with E-state index in [9.17, 15) is 0 Å². The summed E-state index contributed by atoms with van der Waals surface area (Å²) in [6.07, 6.45) is 7.68. The molecule has 0 radical (unpaired) electrons. The molecule has 5 heteroatoms. The van der Waals surface area contributed by atoms with E-state index >= 15 is 0 Å². The van der Waals surface area contributed by atoms with Gasteiger partial charge in [0.25, 0.3) is 0 Å². The highest BCUT2D eigenvalue weighted by molar-refractivity contribution is 14.0. The molecule has 2 unspecified atom stereocenters. The van der Waals surface area contributed by atoms with Gasteiger partial charge in [-0.05, 0) is 31.4 Å². The number of rotatable bonds is 6. The highest BCUT2D eigenvalue weighted by atomic mass is 127. The lowest BCUT2D eigenvalue weighted by molar-refractivity contribution is 0.263. The van der Waals surface area contributed by atoms with E-state index < -0.39 is 0 Å². The van der Waals surface area contributed by atoms with Gasteiger partial charge in [-0.1, -0.05) is 26.2 Å². The first-order chi connectivity index (χ1) is 8.77.